The van der Waals surface area contributed by atoms with Gasteiger partial charge in [0, 0.05) is 5.69 Å². The first kappa shape index (κ1) is 14.9. The number of carbonyl (C=O) groups is 1. The van der Waals surface area contributed by atoms with Gasteiger partial charge in [-0.05, 0) is 35.9 Å². The number of nitrogens with one attached hydrogen (secondary N) is 1. The Morgan fingerprint density at radius 3 is 2.57 bits per heavy atom. The SMILES string of the molecule is COc1ccc(NC(=O)Cc2ccc(C#N)cc2)cc1Cl. The lowest BCUT2D eigenvalue weighted by Gasteiger charge is -2.08. The van der Waals surface area contributed by atoms with Crippen molar-refractivity contribution in [1.82, 2.24) is 0 Å². The molecule has 0 heterocycles. The summed E-state index contributed by atoms with van der Waals surface area (Å²) in [5.74, 6) is 0.405. The molecule has 2 aromatic rings. The Labute approximate surface area is 127 Å². The minimum atomic E-state index is -0.152. The van der Waals surface area contributed by atoms with Crippen LogP contribution in [0.15, 0.2) is 42.5 Å². The van der Waals surface area contributed by atoms with Crippen molar-refractivity contribution in [3.63, 3.8) is 0 Å². The lowest BCUT2D eigenvalue weighted by Crippen LogP contribution is -2.14. The summed E-state index contributed by atoms with van der Waals surface area (Å²) in [7, 11) is 1.53. The molecule has 4 nitrogen and oxygen atoms in total. The molecule has 0 bridgehead atoms. The van der Waals surface area contributed by atoms with E-state index in [1.807, 2.05) is 6.07 Å². The highest BCUT2D eigenvalue weighted by atomic mass is 35.5. The maximum atomic E-state index is 12.0. The summed E-state index contributed by atoms with van der Waals surface area (Å²) >= 11 is 6.00. The normalized spacial score (nSPS) is 9.76. The second-order valence-electron chi connectivity index (χ2n) is 4.38. The summed E-state index contributed by atoms with van der Waals surface area (Å²) in [6, 6.07) is 14.0. The van der Waals surface area contributed by atoms with Gasteiger partial charge in [-0.25, -0.2) is 0 Å². The van der Waals surface area contributed by atoms with E-state index in [1.54, 1.807) is 42.5 Å². The van der Waals surface area contributed by atoms with Gasteiger partial charge in [0.1, 0.15) is 5.75 Å². The predicted molar refractivity (Wildman–Crippen MR) is 81.5 cm³/mol. The highest BCUT2D eigenvalue weighted by molar-refractivity contribution is 6.32. The molecule has 0 spiro atoms. The largest absolute Gasteiger partial charge is 0.495 e. The van der Waals surface area contributed by atoms with Crippen molar-refractivity contribution in [3.05, 3.63) is 58.6 Å². The van der Waals surface area contributed by atoms with Crippen molar-refractivity contribution < 1.29 is 9.53 Å². The zero-order chi connectivity index (χ0) is 15.2. The van der Waals surface area contributed by atoms with E-state index in [4.69, 9.17) is 21.6 Å². The summed E-state index contributed by atoms with van der Waals surface area (Å²) in [6.07, 6.45) is 0.232. The molecule has 0 aliphatic carbocycles. The van der Waals surface area contributed by atoms with Crippen LogP contribution in [0.5, 0.6) is 5.75 Å². The average Bonchev–Trinajstić information content (AvgIpc) is 2.48. The topological polar surface area (TPSA) is 62.1 Å². The van der Waals surface area contributed by atoms with E-state index in [-0.39, 0.29) is 12.3 Å². The fourth-order valence-corrected chi connectivity index (χ4v) is 2.09. The van der Waals surface area contributed by atoms with Crippen LogP contribution in [0.1, 0.15) is 11.1 Å². The van der Waals surface area contributed by atoms with Gasteiger partial charge < -0.3 is 10.1 Å². The smallest absolute Gasteiger partial charge is 0.228 e. The van der Waals surface area contributed by atoms with Gasteiger partial charge in [0.05, 0.1) is 30.2 Å². The van der Waals surface area contributed by atoms with Gasteiger partial charge in [-0.15, -0.1) is 0 Å². The number of methoxy groups -OCH3 is 1. The Bertz CT molecular complexity index is 690. The number of hydrogen-bond donors (Lipinski definition) is 1. The summed E-state index contributed by atoms with van der Waals surface area (Å²) in [6.45, 7) is 0. The Hall–Kier alpha value is -2.51. The number of amides is 1. The van der Waals surface area contributed by atoms with Gasteiger partial charge in [-0.1, -0.05) is 23.7 Å². The van der Waals surface area contributed by atoms with Gasteiger partial charge in [0.25, 0.3) is 0 Å². The Morgan fingerprint density at radius 2 is 2.00 bits per heavy atom. The van der Waals surface area contributed by atoms with Crippen molar-refractivity contribution in [3.8, 4) is 11.8 Å². The van der Waals surface area contributed by atoms with Gasteiger partial charge >= 0.3 is 0 Å². The fourth-order valence-electron chi connectivity index (χ4n) is 1.83. The fraction of sp³-hybridized carbons (Fsp3) is 0.125. The van der Waals surface area contributed by atoms with Crippen molar-refractivity contribution in [2.75, 3.05) is 12.4 Å². The van der Waals surface area contributed by atoms with Crippen molar-refractivity contribution in [1.29, 1.82) is 5.26 Å². The molecule has 0 saturated heterocycles. The molecule has 0 atom stereocenters. The first-order valence-corrected chi connectivity index (χ1v) is 6.62. The molecule has 1 N–H and O–H groups in total. The molecule has 106 valence electrons. The maximum absolute atomic E-state index is 12.0. The standard InChI is InChI=1S/C16H13ClN2O2/c1-21-15-7-6-13(9-14(15)17)19-16(20)8-11-2-4-12(10-18)5-3-11/h2-7,9H,8H2,1H3,(H,19,20). The third kappa shape index (κ3) is 3.98. The number of halogens is 1. The van der Waals surface area contributed by atoms with Gasteiger partial charge in [0.2, 0.25) is 5.91 Å². The predicted octanol–water partition coefficient (Wildman–Crippen LogP) is 3.40. The lowest BCUT2D eigenvalue weighted by atomic mass is 10.1. The molecule has 2 rings (SSSR count). The quantitative estimate of drug-likeness (QED) is 0.941. The molecule has 2 aromatic carbocycles. The van der Waals surface area contributed by atoms with Crippen molar-refractivity contribution in [2.45, 2.75) is 6.42 Å². The number of rotatable bonds is 4. The van der Waals surface area contributed by atoms with Gasteiger partial charge in [-0.2, -0.15) is 5.26 Å². The summed E-state index contributed by atoms with van der Waals surface area (Å²) in [5.41, 5.74) is 2.02. The van der Waals surface area contributed by atoms with Crippen molar-refractivity contribution in [2.24, 2.45) is 0 Å². The van der Waals surface area contributed by atoms with Crippen LogP contribution >= 0.6 is 11.6 Å². The molecule has 0 fully saturated rings. The third-order valence-electron chi connectivity index (χ3n) is 2.88. The molecule has 0 aliphatic heterocycles. The molecule has 0 aliphatic rings. The minimum Gasteiger partial charge on any atom is -0.495 e. The maximum Gasteiger partial charge on any atom is 0.228 e. The first-order chi connectivity index (χ1) is 10.1. The van der Waals surface area contributed by atoms with Gasteiger partial charge in [-0.3, -0.25) is 4.79 Å². The summed E-state index contributed by atoms with van der Waals surface area (Å²) in [5, 5.41) is 11.9. The summed E-state index contributed by atoms with van der Waals surface area (Å²) < 4.78 is 5.05. The van der Waals surface area contributed by atoms with E-state index in [1.165, 1.54) is 7.11 Å². The highest BCUT2D eigenvalue weighted by Gasteiger charge is 2.07. The van der Waals surface area contributed by atoms with E-state index in [0.717, 1.165) is 5.56 Å². The number of hydrogen-bond acceptors (Lipinski definition) is 3. The second kappa shape index (κ2) is 6.78. The van der Waals surface area contributed by atoms with Crippen LogP contribution in [0, 0.1) is 11.3 Å². The number of carbonyl (C=O) groups excluding carboxylic acids is 1. The molecule has 0 unspecified atom stereocenters. The second-order valence-corrected chi connectivity index (χ2v) is 4.79. The highest BCUT2D eigenvalue weighted by Crippen LogP contribution is 2.27. The van der Waals surface area contributed by atoms with Crippen LogP contribution in [0.4, 0.5) is 5.69 Å². The molecular formula is C16H13ClN2O2. The van der Waals surface area contributed by atoms with Crippen molar-refractivity contribution >= 4 is 23.2 Å². The van der Waals surface area contributed by atoms with Crippen LogP contribution in [-0.4, -0.2) is 13.0 Å². The molecule has 0 aromatic heterocycles. The number of nitrogens with zero attached hydrogens (tertiary/aromatic N) is 1. The van der Waals surface area contributed by atoms with Crippen LogP contribution in [0.2, 0.25) is 5.02 Å². The van der Waals surface area contributed by atoms with Gasteiger partial charge in [0.15, 0.2) is 0 Å². The zero-order valence-electron chi connectivity index (χ0n) is 11.4. The Balaban J connectivity index is 2.01. The number of nitriles is 1. The molecule has 1 amide bonds. The molecule has 5 heteroatoms. The van der Waals surface area contributed by atoms with E-state index >= 15 is 0 Å². The van der Waals surface area contributed by atoms with Crippen LogP contribution in [0.3, 0.4) is 0 Å². The summed E-state index contributed by atoms with van der Waals surface area (Å²) in [4.78, 5) is 12.0. The third-order valence-corrected chi connectivity index (χ3v) is 3.18. The zero-order valence-corrected chi connectivity index (χ0v) is 12.1. The molecule has 21 heavy (non-hydrogen) atoms. The lowest BCUT2D eigenvalue weighted by molar-refractivity contribution is -0.115. The first-order valence-electron chi connectivity index (χ1n) is 6.25. The molecule has 0 saturated carbocycles. The Morgan fingerprint density at radius 1 is 1.29 bits per heavy atom. The average molecular weight is 301 g/mol. The van der Waals surface area contributed by atoms with Crippen LogP contribution < -0.4 is 10.1 Å². The van der Waals surface area contributed by atoms with E-state index in [9.17, 15) is 4.79 Å². The van der Waals surface area contributed by atoms with Crippen LogP contribution in [-0.2, 0) is 11.2 Å². The number of anilines is 1. The van der Waals surface area contributed by atoms with E-state index in [2.05, 4.69) is 5.32 Å². The Kier molecular flexibility index (Phi) is 4.81. The number of benzene rings is 2. The van der Waals surface area contributed by atoms with Crippen LogP contribution in [0.25, 0.3) is 0 Å². The van der Waals surface area contributed by atoms with E-state index in [0.29, 0.717) is 22.0 Å². The molecular weight excluding hydrogens is 288 g/mol. The monoisotopic (exact) mass is 300 g/mol. The molecule has 0 radical (unpaired) electrons. The minimum absolute atomic E-state index is 0.152. The van der Waals surface area contributed by atoms with E-state index < -0.39 is 0 Å². The number of ether oxygens (including phenoxy) is 1.